The van der Waals surface area contributed by atoms with Crippen molar-refractivity contribution >= 4 is 6.71 Å². The molecule has 0 aliphatic rings. The van der Waals surface area contributed by atoms with Crippen LogP contribution in [0.15, 0.2) is 0 Å². The molecule has 0 atom stereocenters. The molecule has 3 heteroatoms. The smallest absolute Gasteiger partial charge is 0.311 e. The van der Waals surface area contributed by atoms with E-state index in [1.54, 1.807) is 6.32 Å². The molecule has 0 spiro atoms. The van der Waals surface area contributed by atoms with Crippen LogP contribution < -0.4 is 18.9 Å². The first-order valence-electron chi connectivity index (χ1n) is 3.82. The molecule has 0 amide bonds. The fraction of sp³-hybridized carbons (Fsp3) is 0.750. The SMILES string of the molecule is CC(C)B([CH-]C#N)C(C)C.[Li+]. The topological polar surface area (TPSA) is 23.8 Å². The van der Waals surface area contributed by atoms with E-state index < -0.39 is 0 Å². The first-order chi connectivity index (χ1) is 4.59. The number of rotatable bonds is 3. The predicted molar refractivity (Wildman–Crippen MR) is 45.9 cm³/mol. The standard InChI is InChI=1S/C8H15BN.Li/c1-7(2)9(5-6-10)8(3)4;/h5,7-8H,1-4H3;/q-1;+1. The maximum atomic E-state index is 8.43. The quantitative estimate of drug-likeness (QED) is 0.388. The van der Waals surface area contributed by atoms with Crippen LogP contribution in [0.4, 0.5) is 0 Å². The molecule has 0 aliphatic heterocycles. The second kappa shape index (κ2) is 6.72. The summed E-state index contributed by atoms with van der Waals surface area (Å²) in [5.74, 6) is 1.17. The molecule has 0 N–H and O–H groups in total. The van der Waals surface area contributed by atoms with E-state index in [-0.39, 0.29) is 18.9 Å². The third kappa shape index (κ3) is 5.31. The van der Waals surface area contributed by atoms with E-state index in [2.05, 4.69) is 33.8 Å². The molecule has 0 aromatic rings. The molecule has 0 aromatic carbocycles. The molecule has 1 nitrogen and oxygen atoms in total. The number of hydrogen-bond donors (Lipinski definition) is 0. The van der Waals surface area contributed by atoms with Crippen molar-refractivity contribution in [1.82, 2.24) is 0 Å². The summed E-state index contributed by atoms with van der Waals surface area (Å²) in [5, 5.41) is 8.43. The Labute approximate surface area is 82.8 Å². The molecule has 0 saturated heterocycles. The number of hydrogen-bond acceptors (Lipinski definition) is 1. The van der Waals surface area contributed by atoms with Gasteiger partial charge in [-0.2, -0.15) is 0 Å². The minimum atomic E-state index is 0. The second-order valence-electron chi connectivity index (χ2n) is 3.36. The Bertz CT molecular complexity index is 121. The normalized spacial score (nSPS) is 8.82. The predicted octanol–water partition coefficient (Wildman–Crippen LogP) is -0.428. The van der Waals surface area contributed by atoms with Gasteiger partial charge in [0.25, 0.3) is 0 Å². The molecule has 0 saturated carbocycles. The molecule has 0 bridgehead atoms. The fourth-order valence-electron chi connectivity index (χ4n) is 1.24. The van der Waals surface area contributed by atoms with Crippen LogP contribution in [-0.4, -0.2) is 6.71 Å². The van der Waals surface area contributed by atoms with Gasteiger partial charge in [-0.05, 0) is 0 Å². The first kappa shape index (κ1) is 13.6. The van der Waals surface area contributed by atoms with Crippen molar-refractivity contribution in [3.05, 3.63) is 6.32 Å². The van der Waals surface area contributed by atoms with Crippen molar-refractivity contribution in [1.29, 1.82) is 5.26 Å². The average molecular weight is 143 g/mol. The van der Waals surface area contributed by atoms with Crippen LogP contribution in [-0.2, 0) is 0 Å². The summed E-state index contributed by atoms with van der Waals surface area (Å²) in [6.07, 6.45) is 1.75. The first-order valence-corrected chi connectivity index (χ1v) is 3.82. The van der Waals surface area contributed by atoms with Crippen LogP contribution in [0.5, 0.6) is 0 Å². The van der Waals surface area contributed by atoms with Gasteiger partial charge in [0.15, 0.2) is 0 Å². The molecular formula is C8H15BLiN. The zero-order chi connectivity index (χ0) is 8.15. The van der Waals surface area contributed by atoms with Crippen molar-refractivity contribution in [2.24, 2.45) is 0 Å². The van der Waals surface area contributed by atoms with E-state index in [0.29, 0.717) is 18.3 Å². The molecule has 0 heterocycles. The molecule has 0 aliphatic carbocycles. The molecule has 11 heavy (non-hydrogen) atoms. The van der Waals surface area contributed by atoms with E-state index in [1.807, 2.05) is 0 Å². The Morgan fingerprint density at radius 3 is 1.64 bits per heavy atom. The molecule has 0 aromatic heterocycles. The monoisotopic (exact) mass is 143 g/mol. The van der Waals surface area contributed by atoms with Crippen molar-refractivity contribution in [3.8, 4) is 6.07 Å². The van der Waals surface area contributed by atoms with Gasteiger partial charge in [0.2, 0.25) is 0 Å². The Morgan fingerprint density at radius 2 is 1.55 bits per heavy atom. The van der Waals surface area contributed by atoms with E-state index in [1.165, 1.54) is 0 Å². The van der Waals surface area contributed by atoms with Crippen LogP contribution in [0.2, 0.25) is 11.6 Å². The van der Waals surface area contributed by atoms with Crippen LogP contribution >= 0.6 is 0 Å². The average Bonchev–Trinajstić information content (AvgIpc) is 1.81. The van der Waals surface area contributed by atoms with E-state index in [4.69, 9.17) is 5.26 Å². The van der Waals surface area contributed by atoms with Crippen molar-refractivity contribution < 1.29 is 18.9 Å². The minimum Gasteiger partial charge on any atom is -0.311 e. The fourth-order valence-corrected chi connectivity index (χ4v) is 1.24. The third-order valence-corrected chi connectivity index (χ3v) is 1.81. The van der Waals surface area contributed by atoms with E-state index in [9.17, 15) is 0 Å². The van der Waals surface area contributed by atoms with Gasteiger partial charge in [-0.25, -0.2) is 5.26 Å². The van der Waals surface area contributed by atoms with Crippen LogP contribution in [0, 0.1) is 17.7 Å². The summed E-state index contributed by atoms with van der Waals surface area (Å²) < 4.78 is 0. The van der Waals surface area contributed by atoms with Gasteiger partial charge < -0.3 is 6.32 Å². The molecule has 0 fully saturated rings. The van der Waals surface area contributed by atoms with Gasteiger partial charge in [-0.15, -0.1) is 6.07 Å². The second-order valence-corrected chi connectivity index (χ2v) is 3.36. The van der Waals surface area contributed by atoms with Crippen LogP contribution in [0.3, 0.4) is 0 Å². The number of nitrogens with zero attached hydrogens (tertiary/aromatic N) is 1. The molecule has 56 valence electrons. The Morgan fingerprint density at radius 1 is 1.18 bits per heavy atom. The zero-order valence-electron chi connectivity index (χ0n) is 8.26. The minimum absolute atomic E-state index is 0. The Balaban J connectivity index is 0. The largest absolute Gasteiger partial charge is 1.00 e. The van der Waals surface area contributed by atoms with Crippen LogP contribution in [0.25, 0.3) is 0 Å². The summed E-state index contributed by atoms with van der Waals surface area (Å²) in [7, 11) is 0. The Kier molecular flexibility index (Phi) is 8.30. The third-order valence-electron chi connectivity index (χ3n) is 1.81. The molecule has 0 radical (unpaired) electrons. The van der Waals surface area contributed by atoms with Gasteiger partial charge >= 0.3 is 18.9 Å². The van der Waals surface area contributed by atoms with Crippen molar-refractivity contribution in [2.45, 2.75) is 39.3 Å². The van der Waals surface area contributed by atoms with E-state index >= 15 is 0 Å². The van der Waals surface area contributed by atoms with E-state index in [0.717, 1.165) is 0 Å². The van der Waals surface area contributed by atoms with Crippen molar-refractivity contribution in [3.63, 3.8) is 0 Å². The summed E-state index contributed by atoms with van der Waals surface area (Å²) in [4.78, 5) is 0. The summed E-state index contributed by atoms with van der Waals surface area (Å²) in [6.45, 7) is 9.05. The molecule has 0 rings (SSSR count). The van der Waals surface area contributed by atoms with Gasteiger partial charge in [0.1, 0.15) is 0 Å². The van der Waals surface area contributed by atoms with Crippen molar-refractivity contribution in [2.75, 3.05) is 0 Å². The molecular weight excluding hydrogens is 128 g/mol. The maximum Gasteiger partial charge on any atom is 1.00 e. The van der Waals surface area contributed by atoms with Gasteiger partial charge in [-0.1, -0.05) is 39.3 Å². The maximum absolute atomic E-state index is 8.43. The van der Waals surface area contributed by atoms with Gasteiger partial charge in [-0.3, -0.25) is 0 Å². The van der Waals surface area contributed by atoms with Crippen LogP contribution in [0.1, 0.15) is 27.7 Å². The molecule has 0 unspecified atom stereocenters. The zero-order valence-corrected chi connectivity index (χ0v) is 8.26. The Hall–Kier alpha value is 0.0223. The summed E-state index contributed by atoms with van der Waals surface area (Å²) in [5.41, 5.74) is 0. The number of nitriles is 1. The van der Waals surface area contributed by atoms with Gasteiger partial charge in [0.05, 0.1) is 0 Å². The summed E-state index contributed by atoms with van der Waals surface area (Å²) >= 11 is 0. The summed E-state index contributed by atoms with van der Waals surface area (Å²) in [6, 6.07) is 2.11. The van der Waals surface area contributed by atoms with Gasteiger partial charge in [0, 0.05) is 6.71 Å².